The van der Waals surface area contributed by atoms with E-state index in [1.165, 1.54) is 6.07 Å². The van der Waals surface area contributed by atoms with Gasteiger partial charge < -0.3 is 11.1 Å². The summed E-state index contributed by atoms with van der Waals surface area (Å²) in [5.74, 6) is 1.77. The summed E-state index contributed by atoms with van der Waals surface area (Å²) in [5.41, 5.74) is 7.36. The average Bonchev–Trinajstić information content (AvgIpc) is 3.45. The van der Waals surface area contributed by atoms with Crippen LogP contribution in [-0.4, -0.2) is 16.5 Å². The fourth-order valence-corrected chi connectivity index (χ4v) is 2.92. The fraction of sp³-hybridized carbons (Fsp3) is 0.263. The van der Waals surface area contributed by atoms with Gasteiger partial charge in [-0.15, -0.1) is 0 Å². The van der Waals surface area contributed by atoms with E-state index in [-0.39, 0.29) is 18.4 Å². The van der Waals surface area contributed by atoms with Gasteiger partial charge in [-0.2, -0.15) is 0 Å². The smallest absolute Gasteiger partial charge is 0.138 e. The standard InChI is InChI=1S/C19H19FN4/c20-15-7-3-1-5-13(15)17(11-21)23-19-14-6-2-4-8-16(14)22-18(24-19)12-9-10-12/h1-8,12,17H,9-11,21H2,(H,22,23,24). The molecule has 1 fully saturated rings. The first-order valence-electron chi connectivity index (χ1n) is 8.24. The first kappa shape index (κ1) is 15.0. The van der Waals surface area contributed by atoms with Gasteiger partial charge in [-0.05, 0) is 31.0 Å². The number of hydrogen-bond donors (Lipinski definition) is 2. The largest absolute Gasteiger partial charge is 0.361 e. The Balaban J connectivity index is 1.76. The molecular formula is C19H19FN4. The summed E-state index contributed by atoms with van der Waals surface area (Å²) >= 11 is 0. The summed E-state index contributed by atoms with van der Waals surface area (Å²) < 4.78 is 14.1. The number of rotatable bonds is 5. The second-order valence-corrected chi connectivity index (χ2v) is 6.18. The predicted molar refractivity (Wildman–Crippen MR) is 93.3 cm³/mol. The molecule has 4 rings (SSSR count). The molecule has 122 valence electrons. The summed E-state index contributed by atoms with van der Waals surface area (Å²) in [6.45, 7) is 0.276. The molecular weight excluding hydrogens is 303 g/mol. The fourth-order valence-electron chi connectivity index (χ4n) is 2.92. The van der Waals surface area contributed by atoms with Crippen LogP contribution in [0.1, 0.15) is 36.2 Å². The number of anilines is 1. The maximum absolute atomic E-state index is 14.1. The summed E-state index contributed by atoms with van der Waals surface area (Å²) in [6.07, 6.45) is 2.26. The molecule has 5 heteroatoms. The van der Waals surface area contributed by atoms with Gasteiger partial charge in [-0.3, -0.25) is 0 Å². The highest BCUT2D eigenvalue weighted by molar-refractivity contribution is 5.89. The van der Waals surface area contributed by atoms with Crippen molar-refractivity contribution in [2.24, 2.45) is 5.73 Å². The van der Waals surface area contributed by atoms with E-state index < -0.39 is 0 Å². The zero-order valence-electron chi connectivity index (χ0n) is 13.2. The molecule has 3 N–H and O–H groups in total. The van der Waals surface area contributed by atoms with Gasteiger partial charge in [-0.1, -0.05) is 30.3 Å². The maximum Gasteiger partial charge on any atom is 0.138 e. The average molecular weight is 322 g/mol. The highest BCUT2D eigenvalue weighted by Gasteiger charge is 2.28. The second-order valence-electron chi connectivity index (χ2n) is 6.18. The minimum Gasteiger partial charge on any atom is -0.361 e. The van der Waals surface area contributed by atoms with Crippen molar-refractivity contribution in [1.82, 2.24) is 9.97 Å². The normalized spacial score (nSPS) is 15.4. The highest BCUT2D eigenvalue weighted by atomic mass is 19.1. The molecule has 0 amide bonds. The van der Waals surface area contributed by atoms with Crippen molar-refractivity contribution in [2.75, 3.05) is 11.9 Å². The summed E-state index contributed by atoms with van der Waals surface area (Å²) in [4.78, 5) is 9.37. The van der Waals surface area contributed by atoms with Crippen molar-refractivity contribution in [2.45, 2.75) is 24.8 Å². The molecule has 1 aliphatic rings. The quantitative estimate of drug-likeness (QED) is 0.751. The van der Waals surface area contributed by atoms with Crippen molar-refractivity contribution in [3.05, 3.63) is 65.7 Å². The molecule has 24 heavy (non-hydrogen) atoms. The van der Waals surface area contributed by atoms with E-state index in [1.807, 2.05) is 30.3 Å². The minimum absolute atomic E-state index is 0.263. The van der Waals surface area contributed by atoms with Gasteiger partial charge in [0.05, 0.1) is 11.6 Å². The number of halogens is 1. The van der Waals surface area contributed by atoms with Crippen molar-refractivity contribution in [3.8, 4) is 0 Å². The van der Waals surface area contributed by atoms with Gasteiger partial charge >= 0.3 is 0 Å². The Kier molecular flexibility index (Phi) is 3.86. The van der Waals surface area contributed by atoms with E-state index in [1.54, 1.807) is 12.1 Å². The number of nitrogens with two attached hydrogens (primary N) is 1. The van der Waals surface area contributed by atoms with Crippen LogP contribution in [0.5, 0.6) is 0 Å². The Bertz CT molecular complexity index is 876. The minimum atomic E-state index is -0.337. The van der Waals surface area contributed by atoms with Gasteiger partial charge in [0.25, 0.3) is 0 Å². The molecule has 1 unspecified atom stereocenters. The Hall–Kier alpha value is -2.53. The lowest BCUT2D eigenvalue weighted by molar-refractivity contribution is 0.593. The van der Waals surface area contributed by atoms with Crippen molar-refractivity contribution < 1.29 is 4.39 Å². The Labute approximate surface area is 139 Å². The van der Waals surface area contributed by atoms with E-state index in [0.717, 1.165) is 35.4 Å². The van der Waals surface area contributed by atoms with Gasteiger partial charge in [0.15, 0.2) is 0 Å². The summed E-state index contributed by atoms with van der Waals surface area (Å²) in [7, 11) is 0. The van der Waals surface area contributed by atoms with Gasteiger partial charge in [0.1, 0.15) is 17.5 Å². The molecule has 1 atom stereocenters. The van der Waals surface area contributed by atoms with E-state index >= 15 is 0 Å². The highest BCUT2D eigenvalue weighted by Crippen LogP contribution is 2.39. The monoisotopic (exact) mass is 322 g/mol. The molecule has 4 nitrogen and oxygen atoms in total. The van der Waals surface area contributed by atoms with Crippen LogP contribution in [0.3, 0.4) is 0 Å². The molecule has 0 radical (unpaired) electrons. The molecule has 0 aliphatic heterocycles. The van der Waals surface area contributed by atoms with E-state index in [0.29, 0.717) is 11.5 Å². The van der Waals surface area contributed by atoms with Crippen molar-refractivity contribution in [3.63, 3.8) is 0 Å². The van der Waals surface area contributed by atoms with Gasteiger partial charge in [0, 0.05) is 23.4 Å². The predicted octanol–water partition coefficient (Wildman–Crippen LogP) is 3.76. The van der Waals surface area contributed by atoms with Crippen LogP contribution in [0.25, 0.3) is 10.9 Å². The van der Waals surface area contributed by atoms with Crippen LogP contribution in [0.2, 0.25) is 0 Å². The van der Waals surface area contributed by atoms with Crippen molar-refractivity contribution >= 4 is 16.7 Å². The van der Waals surface area contributed by atoms with Crippen LogP contribution in [0, 0.1) is 5.82 Å². The number of nitrogens with one attached hydrogen (secondary N) is 1. The van der Waals surface area contributed by atoms with E-state index in [4.69, 9.17) is 10.7 Å². The zero-order chi connectivity index (χ0) is 16.5. The number of benzene rings is 2. The number of nitrogens with zero attached hydrogens (tertiary/aromatic N) is 2. The third-order valence-corrected chi connectivity index (χ3v) is 4.39. The first-order valence-corrected chi connectivity index (χ1v) is 8.24. The van der Waals surface area contributed by atoms with Crippen LogP contribution < -0.4 is 11.1 Å². The third kappa shape index (κ3) is 2.83. The van der Waals surface area contributed by atoms with Crippen molar-refractivity contribution in [1.29, 1.82) is 0 Å². The SMILES string of the molecule is NCC(Nc1nc(C2CC2)nc2ccccc12)c1ccccc1F. The maximum atomic E-state index is 14.1. The molecule has 0 bridgehead atoms. The number of fused-ring (bicyclic) bond motifs is 1. The third-order valence-electron chi connectivity index (χ3n) is 4.39. The molecule has 2 aromatic carbocycles. The number of para-hydroxylation sites is 1. The lowest BCUT2D eigenvalue weighted by atomic mass is 10.1. The van der Waals surface area contributed by atoms with E-state index in [2.05, 4.69) is 10.3 Å². The molecule has 3 aromatic rings. The van der Waals surface area contributed by atoms with Gasteiger partial charge in [0.2, 0.25) is 0 Å². The molecule has 1 aromatic heterocycles. The Morgan fingerprint density at radius 1 is 1.08 bits per heavy atom. The second kappa shape index (κ2) is 6.17. The molecule has 0 spiro atoms. The number of hydrogen-bond acceptors (Lipinski definition) is 4. The van der Waals surface area contributed by atoms with Crippen LogP contribution in [0.4, 0.5) is 10.2 Å². The van der Waals surface area contributed by atoms with Crippen LogP contribution in [-0.2, 0) is 0 Å². The topological polar surface area (TPSA) is 63.8 Å². The van der Waals surface area contributed by atoms with E-state index in [9.17, 15) is 4.39 Å². The first-order chi connectivity index (χ1) is 11.8. The molecule has 1 saturated carbocycles. The zero-order valence-corrected chi connectivity index (χ0v) is 13.2. The molecule has 0 saturated heterocycles. The number of aromatic nitrogens is 2. The van der Waals surface area contributed by atoms with Crippen LogP contribution in [0.15, 0.2) is 48.5 Å². The lowest BCUT2D eigenvalue weighted by Gasteiger charge is -2.20. The lowest BCUT2D eigenvalue weighted by Crippen LogP contribution is -2.22. The molecule has 1 heterocycles. The van der Waals surface area contributed by atoms with Gasteiger partial charge in [-0.25, -0.2) is 14.4 Å². The summed E-state index contributed by atoms with van der Waals surface area (Å²) in [6, 6.07) is 14.2. The molecule has 1 aliphatic carbocycles. The Morgan fingerprint density at radius 3 is 2.58 bits per heavy atom. The van der Waals surface area contributed by atoms with Crippen LogP contribution >= 0.6 is 0 Å². The summed E-state index contributed by atoms with van der Waals surface area (Å²) in [5, 5.41) is 4.26. The Morgan fingerprint density at radius 2 is 1.83 bits per heavy atom.